The summed E-state index contributed by atoms with van der Waals surface area (Å²) in [6.45, 7) is 5.94. The number of hydrogen-bond donors (Lipinski definition) is 1. The number of rotatable bonds is 7. The van der Waals surface area contributed by atoms with E-state index in [1.807, 2.05) is 18.9 Å². The largest absolute Gasteiger partial charge is 0.370 e. The van der Waals surface area contributed by atoms with Crippen molar-refractivity contribution in [2.75, 3.05) is 30.4 Å². The first-order chi connectivity index (χ1) is 9.51. The van der Waals surface area contributed by atoms with Crippen LogP contribution in [0.1, 0.15) is 26.7 Å². The van der Waals surface area contributed by atoms with Crippen LogP contribution in [0.4, 0.5) is 17.3 Å². The smallest absolute Gasteiger partial charge is 0.276 e. The highest BCUT2D eigenvalue weighted by Crippen LogP contribution is 2.38. The highest BCUT2D eigenvalue weighted by atomic mass is 16.6. The fourth-order valence-electron chi connectivity index (χ4n) is 2.25. The van der Waals surface area contributed by atoms with E-state index in [-0.39, 0.29) is 10.6 Å². The summed E-state index contributed by atoms with van der Waals surface area (Å²) in [6, 6.07) is 3.04. The van der Waals surface area contributed by atoms with E-state index in [0.29, 0.717) is 17.6 Å². The summed E-state index contributed by atoms with van der Waals surface area (Å²) < 4.78 is 0. The Morgan fingerprint density at radius 2 is 2.25 bits per heavy atom. The number of nitrogens with zero attached hydrogens (tertiary/aromatic N) is 3. The molecule has 1 aromatic heterocycles. The summed E-state index contributed by atoms with van der Waals surface area (Å²) in [5, 5.41) is 14.1. The molecule has 1 fully saturated rings. The molecule has 1 heterocycles. The van der Waals surface area contributed by atoms with Gasteiger partial charge in [0.05, 0.1) is 17.1 Å². The van der Waals surface area contributed by atoms with E-state index in [1.165, 1.54) is 12.5 Å². The van der Waals surface area contributed by atoms with Crippen LogP contribution in [0.5, 0.6) is 0 Å². The number of nitrogens with one attached hydrogen (secondary N) is 1. The lowest BCUT2D eigenvalue weighted by Crippen LogP contribution is -2.22. The van der Waals surface area contributed by atoms with Crippen molar-refractivity contribution in [3.05, 3.63) is 22.2 Å². The zero-order valence-electron chi connectivity index (χ0n) is 12.3. The van der Waals surface area contributed by atoms with Crippen LogP contribution in [0.2, 0.25) is 0 Å². The standard InChI is InChI=1S/C14H22N4O2/c1-4-5-15-13-7-12(18(19)20)8-14(16-13)17(3)9-11-6-10(11)2/h7-8,10-11H,4-6,9H2,1-3H3,(H,15,16). The van der Waals surface area contributed by atoms with Gasteiger partial charge in [-0.3, -0.25) is 10.1 Å². The number of nitro groups is 1. The van der Waals surface area contributed by atoms with Crippen molar-refractivity contribution in [2.24, 2.45) is 11.8 Å². The molecule has 2 rings (SSSR count). The minimum absolute atomic E-state index is 0.0873. The second-order valence-corrected chi connectivity index (χ2v) is 5.61. The van der Waals surface area contributed by atoms with Crippen LogP contribution in [0.3, 0.4) is 0 Å². The lowest BCUT2D eigenvalue weighted by Gasteiger charge is -2.19. The Morgan fingerprint density at radius 1 is 1.55 bits per heavy atom. The maximum atomic E-state index is 11.0. The van der Waals surface area contributed by atoms with Crippen molar-refractivity contribution in [3.8, 4) is 0 Å². The molecule has 0 saturated heterocycles. The van der Waals surface area contributed by atoms with Crippen LogP contribution in [-0.4, -0.2) is 30.0 Å². The van der Waals surface area contributed by atoms with Gasteiger partial charge in [0.15, 0.2) is 0 Å². The van der Waals surface area contributed by atoms with Crippen molar-refractivity contribution in [1.82, 2.24) is 4.98 Å². The van der Waals surface area contributed by atoms with E-state index in [0.717, 1.165) is 25.4 Å². The molecule has 1 saturated carbocycles. The quantitative estimate of drug-likeness (QED) is 0.613. The molecule has 1 aliphatic carbocycles. The molecule has 0 amide bonds. The lowest BCUT2D eigenvalue weighted by atomic mass is 10.3. The van der Waals surface area contributed by atoms with Gasteiger partial charge in [-0.25, -0.2) is 4.98 Å². The predicted molar refractivity (Wildman–Crippen MR) is 80.2 cm³/mol. The molecule has 0 radical (unpaired) electrons. The Bertz CT molecular complexity index is 492. The van der Waals surface area contributed by atoms with Crippen molar-refractivity contribution in [2.45, 2.75) is 26.7 Å². The Hall–Kier alpha value is -1.85. The average molecular weight is 278 g/mol. The summed E-state index contributed by atoms with van der Waals surface area (Å²) in [7, 11) is 1.95. The molecular formula is C14H22N4O2. The molecule has 0 bridgehead atoms. The van der Waals surface area contributed by atoms with Crippen molar-refractivity contribution in [3.63, 3.8) is 0 Å². The third-order valence-corrected chi connectivity index (χ3v) is 3.74. The zero-order valence-corrected chi connectivity index (χ0v) is 12.3. The monoisotopic (exact) mass is 278 g/mol. The maximum absolute atomic E-state index is 11.0. The van der Waals surface area contributed by atoms with Gasteiger partial charge in [-0.05, 0) is 24.7 Å². The van der Waals surface area contributed by atoms with Gasteiger partial charge in [-0.2, -0.15) is 0 Å². The van der Waals surface area contributed by atoms with E-state index >= 15 is 0 Å². The maximum Gasteiger partial charge on any atom is 0.276 e. The second kappa shape index (κ2) is 6.07. The van der Waals surface area contributed by atoms with Crippen molar-refractivity contribution in [1.29, 1.82) is 0 Å². The summed E-state index contributed by atoms with van der Waals surface area (Å²) >= 11 is 0. The molecule has 2 unspecified atom stereocenters. The molecule has 6 heteroatoms. The normalized spacial score (nSPS) is 20.6. The van der Waals surface area contributed by atoms with Crippen LogP contribution in [0.15, 0.2) is 12.1 Å². The summed E-state index contributed by atoms with van der Waals surface area (Å²) in [5.74, 6) is 2.69. The summed E-state index contributed by atoms with van der Waals surface area (Å²) in [6.07, 6.45) is 2.19. The second-order valence-electron chi connectivity index (χ2n) is 5.61. The Labute approximate surface area is 119 Å². The molecule has 20 heavy (non-hydrogen) atoms. The molecule has 1 N–H and O–H groups in total. The van der Waals surface area contributed by atoms with Crippen LogP contribution >= 0.6 is 0 Å². The Morgan fingerprint density at radius 3 is 2.80 bits per heavy atom. The minimum Gasteiger partial charge on any atom is -0.370 e. The Balaban J connectivity index is 2.16. The van der Waals surface area contributed by atoms with Gasteiger partial charge in [0.2, 0.25) is 0 Å². The summed E-state index contributed by atoms with van der Waals surface area (Å²) in [4.78, 5) is 17.1. The number of pyridine rings is 1. The van der Waals surface area contributed by atoms with E-state index in [2.05, 4.69) is 17.2 Å². The fourth-order valence-corrected chi connectivity index (χ4v) is 2.25. The fraction of sp³-hybridized carbons (Fsp3) is 0.643. The van der Waals surface area contributed by atoms with Crippen molar-refractivity contribution < 1.29 is 4.92 Å². The molecule has 0 aromatic carbocycles. The first-order valence-corrected chi connectivity index (χ1v) is 7.12. The van der Waals surface area contributed by atoms with Crippen LogP contribution in [-0.2, 0) is 0 Å². The van der Waals surface area contributed by atoms with Gasteiger partial charge in [-0.1, -0.05) is 13.8 Å². The minimum atomic E-state index is -0.365. The molecule has 0 aliphatic heterocycles. The van der Waals surface area contributed by atoms with Crippen LogP contribution < -0.4 is 10.2 Å². The van der Waals surface area contributed by atoms with E-state index < -0.39 is 0 Å². The first-order valence-electron chi connectivity index (χ1n) is 7.12. The predicted octanol–water partition coefficient (Wildman–Crippen LogP) is 2.90. The van der Waals surface area contributed by atoms with Gasteiger partial charge >= 0.3 is 0 Å². The molecular weight excluding hydrogens is 256 g/mol. The number of hydrogen-bond acceptors (Lipinski definition) is 5. The van der Waals surface area contributed by atoms with Gasteiger partial charge < -0.3 is 10.2 Å². The highest BCUT2D eigenvalue weighted by Gasteiger charge is 2.33. The Kier molecular flexibility index (Phi) is 4.42. The first kappa shape index (κ1) is 14.6. The number of aromatic nitrogens is 1. The van der Waals surface area contributed by atoms with E-state index in [4.69, 9.17) is 0 Å². The molecule has 1 aromatic rings. The van der Waals surface area contributed by atoms with Crippen LogP contribution in [0, 0.1) is 22.0 Å². The number of anilines is 2. The van der Waals surface area contributed by atoms with E-state index in [9.17, 15) is 10.1 Å². The zero-order chi connectivity index (χ0) is 14.7. The average Bonchev–Trinajstić information content (AvgIpc) is 3.11. The van der Waals surface area contributed by atoms with Gasteiger partial charge in [0.25, 0.3) is 5.69 Å². The summed E-state index contributed by atoms with van der Waals surface area (Å²) in [5.41, 5.74) is 0.0873. The van der Waals surface area contributed by atoms with Gasteiger partial charge in [0.1, 0.15) is 11.6 Å². The molecule has 110 valence electrons. The highest BCUT2D eigenvalue weighted by molar-refractivity contribution is 5.55. The lowest BCUT2D eigenvalue weighted by molar-refractivity contribution is -0.384. The van der Waals surface area contributed by atoms with Gasteiger partial charge in [0, 0.05) is 20.1 Å². The van der Waals surface area contributed by atoms with E-state index in [1.54, 1.807) is 6.07 Å². The van der Waals surface area contributed by atoms with Crippen molar-refractivity contribution >= 4 is 17.3 Å². The SMILES string of the molecule is CCCNc1cc([N+](=O)[O-])cc(N(C)CC2CC2C)n1. The van der Waals surface area contributed by atoms with Crippen LogP contribution in [0.25, 0.3) is 0 Å². The molecule has 0 spiro atoms. The third kappa shape index (κ3) is 3.59. The topological polar surface area (TPSA) is 71.3 Å². The molecule has 1 aliphatic rings. The molecule has 6 nitrogen and oxygen atoms in total. The van der Waals surface area contributed by atoms with Gasteiger partial charge in [-0.15, -0.1) is 0 Å². The third-order valence-electron chi connectivity index (χ3n) is 3.74. The molecule has 2 atom stereocenters.